The second kappa shape index (κ2) is 9.36. The van der Waals surface area contributed by atoms with Crippen molar-refractivity contribution in [2.45, 2.75) is 31.4 Å². The third kappa shape index (κ3) is 6.01. The first kappa shape index (κ1) is 19.2. The van der Waals surface area contributed by atoms with Crippen LogP contribution in [0.5, 0.6) is 0 Å². The predicted molar refractivity (Wildman–Crippen MR) is 95.0 cm³/mol. The average molecular weight is 364 g/mol. The van der Waals surface area contributed by atoms with Crippen molar-refractivity contribution in [3.05, 3.63) is 53.2 Å². The van der Waals surface area contributed by atoms with Crippen molar-refractivity contribution in [2.24, 2.45) is 0 Å². The first-order valence-corrected chi connectivity index (χ1v) is 9.26. The Labute approximate surface area is 150 Å². The average Bonchev–Trinajstić information content (AvgIpc) is 3.02. The molecule has 0 fully saturated rings. The van der Waals surface area contributed by atoms with E-state index in [2.05, 4.69) is 10.5 Å². The number of carbonyl (C=O) groups excluding carboxylic acids is 2. The van der Waals surface area contributed by atoms with Crippen molar-refractivity contribution < 1.29 is 18.5 Å². The number of benzene rings is 1. The minimum Gasteiger partial charge on any atom is -0.361 e. The molecule has 1 amide bonds. The van der Waals surface area contributed by atoms with Gasteiger partial charge in [0.2, 0.25) is 5.91 Å². The van der Waals surface area contributed by atoms with E-state index in [1.165, 1.54) is 17.8 Å². The van der Waals surface area contributed by atoms with Crippen LogP contribution in [0.2, 0.25) is 0 Å². The lowest BCUT2D eigenvalue weighted by atomic mass is 10.1. The van der Waals surface area contributed by atoms with Gasteiger partial charge in [0.15, 0.2) is 5.78 Å². The fourth-order valence-corrected chi connectivity index (χ4v) is 2.98. The lowest BCUT2D eigenvalue weighted by molar-refractivity contribution is -0.124. The maximum absolute atomic E-state index is 13.7. The first-order valence-electron chi connectivity index (χ1n) is 7.97. The maximum Gasteiger partial charge on any atom is 0.233 e. The molecule has 0 radical (unpaired) electrons. The largest absolute Gasteiger partial charge is 0.361 e. The van der Waals surface area contributed by atoms with E-state index in [0.29, 0.717) is 17.7 Å². The molecular formula is C18H21FN2O3S. The van der Waals surface area contributed by atoms with Crippen LogP contribution < -0.4 is 5.32 Å². The topological polar surface area (TPSA) is 72.2 Å². The Bertz CT molecular complexity index is 733. The lowest BCUT2D eigenvalue weighted by Gasteiger charge is -2.14. The molecule has 0 aliphatic carbocycles. The zero-order valence-corrected chi connectivity index (χ0v) is 15.1. The SMILES string of the molecule is CSC(Cc1ccccc1F)C(=O)NCC(=O)CCc1cc(C)no1. The molecule has 1 aromatic heterocycles. The highest BCUT2D eigenvalue weighted by atomic mass is 32.2. The van der Waals surface area contributed by atoms with Crippen molar-refractivity contribution >= 4 is 23.5 Å². The van der Waals surface area contributed by atoms with E-state index in [-0.39, 0.29) is 36.9 Å². The van der Waals surface area contributed by atoms with Crippen LogP contribution in [-0.2, 0) is 22.4 Å². The van der Waals surface area contributed by atoms with Crippen LogP contribution >= 0.6 is 11.8 Å². The Kier molecular flexibility index (Phi) is 7.18. The van der Waals surface area contributed by atoms with Gasteiger partial charge in [-0.1, -0.05) is 23.4 Å². The molecule has 5 nitrogen and oxygen atoms in total. The monoisotopic (exact) mass is 364 g/mol. The fourth-order valence-electron chi connectivity index (χ4n) is 2.33. The van der Waals surface area contributed by atoms with Gasteiger partial charge >= 0.3 is 0 Å². The zero-order chi connectivity index (χ0) is 18.2. The van der Waals surface area contributed by atoms with Gasteiger partial charge in [0, 0.05) is 18.9 Å². The van der Waals surface area contributed by atoms with Gasteiger partial charge in [-0.15, -0.1) is 0 Å². The summed E-state index contributed by atoms with van der Waals surface area (Å²) in [5, 5.41) is 5.95. The Balaban J connectivity index is 1.79. The molecular weight excluding hydrogens is 343 g/mol. The van der Waals surface area contributed by atoms with Crippen molar-refractivity contribution in [1.82, 2.24) is 10.5 Å². The van der Waals surface area contributed by atoms with E-state index >= 15 is 0 Å². The number of hydrogen-bond acceptors (Lipinski definition) is 5. The number of ketones is 1. The van der Waals surface area contributed by atoms with Crippen molar-refractivity contribution in [3.63, 3.8) is 0 Å². The second-order valence-corrected chi connectivity index (χ2v) is 6.75. The molecule has 0 saturated carbocycles. The number of Topliss-reactive ketones (excluding diaryl/α,β-unsaturated/α-hetero) is 1. The number of hydrogen-bond donors (Lipinski definition) is 1. The summed E-state index contributed by atoms with van der Waals surface area (Å²) in [5.74, 6) is -0.0285. The van der Waals surface area contributed by atoms with E-state index in [4.69, 9.17) is 4.52 Å². The number of nitrogens with one attached hydrogen (secondary N) is 1. The number of amides is 1. The number of aryl methyl sites for hydroxylation is 2. The lowest BCUT2D eigenvalue weighted by Crippen LogP contribution is -2.37. The van der Waals surface area contributed by atoms with Crippen LogP contribution in [0.4, 0.5) is 4.39 Å². The number of carbonyl (C=O) groups is 2. The van der Waals surface area contributed by atoms with E-state index in [1.807, 2.05) is 6.92 Å². The van der Waals surface area contributed by atoms with E-state index in [9.17, 15) is 14.0 Å². The minimum absolute atomic E-state index is 0.0414. The Morgan fingerprint density at radius 1 is 1.36 bits per heavy atom. The van der Waals surface area contributed by atoms with Crippen LogP contribution in [0, 0.1) is 12.7 Å². The quantitative estimate of drug-likeness (QED) is 0.741. The van der Waals surface area contributed by atoms with Gasteiger partial charge in [0.1, 0.15) is 11.6 Å². The van der Waals surface area contributed by atoms with Crippen LogP contribution in [0.3, 0.4) is 0 Å². The first-order chi connectivity index (χ1) is 12.0. The standard InChI is InChI=1S/C18H21FN2O3S/c1-12-9-15(24-21-12)8-7-14(22)11-20-18(23)17(25-2)10-13-5-3-4-6-16(13)19/h3-6,9,17H,7-8,10-11H2,1-2H3,(H,20,23). The third-order valence-corrected chi connectivity index (χ3v) is 4.68. The van der Waals surface area contributed by atoms with Crippen molar-refractivity contribution in [2.75, 3.05) is 12.8 Å². The van der Waals surface area contributed by atoms with Crippen LogP contribution in [0.1, 0.15) is 23.4 Å². The molecule has 1 unspecified atom stereocenters. The highest BCUT2D eigenvalue weighted by molar-refractivity contribution is 7.99. The number of halogens is 1. The van der Waals surface area contributed by atoms with Crippen molar-refractivity contribution in [3.8, 4) is 0 Å². The summed E-state index contributed by atoms with van der Waals surface area (Å²) >= 11 is 1.33. The fraction of sp³-hybridized carbons (Fsp3) is 0.389. The molecule has 25 heavy (non-hydrogen) atoms. The zero-order valence-electron chi connectivity index (χ0n) is 14.3. The third-order valence-electron chi connectivity index (χ3n) is 3.73. The summed E-state index contributed by atoms with van der Waals surface area (Å²) in [6.45, 7) is 1.77. The highest BCUT2D eigenvalue weighted by Gasteiger charge is 2.20. The summed E-state index contributed by atoms with van der Waals surface area (Å²) in [6, 6.07) is 8.17. The number of nitrogens with zero attached hydrogens (tertiary/aromatic N) is 1. The van der Waals surface area contributed by atoms with Crippen LogP contribution in [0.25, 0.3) is 0 Å². The molecule has 0 bridgehead atoms. The van der Waals surface area contributed by atoms with Gasteiger partial charge in [-0.2, -0.15) is 11.8 Å². The van der Waals surface area contributed by atoms with Gasteiger partial charge < -0.3 is 9.84 Å². The molecule has 2 aromatic rings. The van der Waals surface area contributed by atoms with Crippen LogP contribution in [0.15, 0.2) is 34.9 Å². The Morgan fingerprint density at radius 2 is 2.12 bits per heavy atom. The summed E-state index contributed by atoms with van der Waals surface area (Å²) < 4.78 is 18.8. The molecule has 1 N–H and O–H groups in total. The van der Waals surface area contributed by atoms with Gasteiger partial charge in [-0.25, -0.2) is 4.39 Å². The molecule has 1 heterocycles. The molecule has 134 valence electrons. The summed E-state index contributed by atoms with van der Waals surface area (Å²) in [7, 11) is 0. The van der Waals surface area contributed by atoms with Gasteiger partial charge in [0.05, 0.1) is 17.5 Å². The maximum atomic E-state index is 13.7. The van der Waals surface area contributed by atoms with Gasteiger partial charge in [0.25, 0.3) is 0 Å². The number of aromatic nitrogens is 1. The molecule has 1 atom stereocenters. The van der Waals surface area contributed by atoms with Crippen LogP contribution in [-0.4, -0.2) is 34.9 Å². The van der Waals surface area contributed by atoms with Gasteiger partial charge in [-0.3, -0.25) is 9.59 Å². The Hall–Kier alpha value is -2.15. The Morgan fingerprint density at radius 3 is 2.76 bits per heavy atom. The predicted octanol–water partition coefficient (Wildman–Crippen LogP) is 2.71. The second-order valence-electron chi connectivity index (χ2n) is 5.71. The molecule has 0 spiro atoms. The molecule has 2 rings (SSSR count). The summed E-state index contributed by atoms with van der Waals surface area (Å²) in [5.41, 5.74) is 1.26. The molecule has 0 aliphatic heterocycles. The normalized spacial score (nSPS) is 12.0. The summed E-state index contributed by atoms with van der Waals surface area (Å²) in [6.07, 6.45) is 2.80. The summed E-state index contributed by atoms with van der Waals surface area (Å²) in [4.78, 5) is 24.1. The van der Waals surface area contributed by atoms with E-state index in [0.717, 1.165) is 5.69 Å². The van der Waals surface area contributed by atoms with E-state index < -0.39 is 5.25 Å². The minimum atomic E-state index is -0.443. The van der Waals surface area contributed by atoms with Gasteiger partial charge in [-0.05, 0) is 31.2 Å². The highest BCUT2D eigenvalue weighted by Crippen LogP contribution is 2.16. The molecule has 1 aromatic carbocycles. The van der Waals surface area contributed by atoms with E-state index in [1.54, 1.807) is 30.5 Å². The number of thioether (sulfide) groups is 1. The smallest absolute Gasteiger partial charge is 0.233 e. The number of rotatable bonds is 9. The molecule has 0 saturated heterocycles. The van der Waals surface area contributed by atoms with Crippen molar-refractivity contribution in [1.29, 1.82) is 0 Å². The molecule has 7 heteroatoms. The molecule has 0 aliphatic rings.